The van der Waals surface area contributed by atoms with Gasteiger partial charge in [0.25, 0.3) is 0 Å². The number of ether oxygens (including phenoxy) is 2. The smallest absolute Gasteiger partial charge is 0.309 e. The molecule has 3 aromatic carbocycles. The molecule has 1 aliphatic heterocycles. The summed E-state index contributed by atoms with van der Waals surface area (Å²) in [6.45, 7) is 9.29. The zero-order valence-electron chi connectivity index (χ0n) is 27.7. The largest absolute Gasteiger partial charge is 0.490 e. The summed E-state index contributed by atoms with van der Waals surface area (Å²) in [7, 11) is -3.81. The van der Waals surface area contributed by atoms with Crippen LogP contribution in [-0.4, -0.2) is 59.8 Å². The van der Waals surface area contributed by atoms with E-state index < -0.39 is 45.0 Å². The average molecular weight is 675 g/mol. The summed E-state index contributed by atoms with van der Waals surface area (Å²) in [6, 6.07) is 16.9. The Kier molecular flexibility index (Phi) is 10.1. The molecule has 0 bridgehead atoms. The lowest BCUT2D eigenvalue weighted by atomic mass is 9.93. The predicted molar refractivity (Wildman–Crippen MR) is 185 cm³/mol. The number of likely N-dealkylation sites (tertiary alicyclic amines) is 1. The van der Waals surface area contributed by atoms with Crippen LogP contribution in [0, 0.1) is 5.92 Å². The lowest BCUT2D eigenvalue weighted by Crippen LogP contribution is -2.40. The van der Waals surface area contributed by atoms with Gasteiger partial charge in [-0.25, -0.2) is 13.4 Å². The van der Waals surface area contributed by atoms with Gasteiger partial charge in [0.15, 0.2) is 21.3 Å². The molecule has 0 spiro atoms. The van der Waals surface area contributed by atoms with Gasteiger partial charge in [-0.3, -0.25) is 9.59 Å². The first-order valence-corrected chi connectivity index (χ1v) is 17.6. The van der Waals surface area contributed by atoms with Crippen LogP contribution in [0.25, 0.3) is 10.8 Å². The van der Waals surface area contributed by atoms with Gasteiger partial charge in [0.1, 0.15) is 11.9 Å². The second-order valence-electron chi connectivity index (χ2n) is 12.4. The highest BCUT2D eigenvalue weighted by molar-refractivity contribution is 7.92. The van der Waals surface area contributed by atoms with Crippen molar-refractivity contribution in [3.63, 3.8) is 0 Å². The van der Waals surface area contributed by atoms with Crippen molar-refractivity contribution in [2.45, 2.75) is 69.4 Å². The molecule has 4 N–H and O–H groups in total. The Labute approximate surface area is 281 Å². The van der Waals surface area contributed by atoms with Crippen LogP contribution in [0.15, 0.2) is 77.8 Å². The van der Waals surface area contributed by atoms with Crippen LogP contribution < -0.4 is 20.5 Å². The number of hydrogen-bond donors (Lipinski definition) is 3. The minimum Gasteiger partial charge on any atom is -0.490 e. The fourth-order valence-electron chi connectivity index (χ4n) is 6.16. The number of aliphatic carboxylic acids is 1. The molecule has 1 amide bonds. The normalized spacial score (nSPS) is 17.1. The topological polar surface area (TPSA) is 161 Å². The zero-order valence-corrected chi connectivity index (χ0v) is 28.5. The van der Waals surface area contributed by atoms with Gasteiger partial charge in [-0.15, -0.1) is 0 Å². The molecule has 1 saturated heterocycles. The zero-order chi connectivity index (χ0) is 34.7. The summed E-state index contributed by atoms with van der Waals surface area (Å²) in [6.07, 6.45) is 1.64. The van der Waals surface area contributed by atoms with Crippen LogP contribution in [0.2, 0.25) is 0 Å². The molecule has 5 rings (SSSR count). The quantitative estimate of drug-likeness (QED) is 0.162. The van der Waals surface area contributed by atoms with Gasteiger partial charge in [0, 0.05) is 23.8 Å². The van der Waals surface area contributed by atoms with Gasteiger partial charge in [-0.1, -0.05) is 24.3 Å². The average Bonchev–Trinajstić information content (AvgIpc) is 3.50. The molecule has 0 radical (unpaired) electrons. The van der Waals surface area contributed by atoms with Crippen molar-refractivity contribution in [3.8, 4) is 11.5 Å². The Morgan fingerprint density at radius 3 is 2.48 bits per heavy atom. The third-order valence-electron chi connectivity index (χ3n) is 8.48. The first kappa shape index (κ1) is 34.5. The second-order valence-corrected chi connectivity index (χ2v) is 14.8. The molecule has 1 aromatic heterocycles. The van der Waals surface area contributed by atoms with Crippen molar-refractivity contribution in [3.05, 3.63) is 84.1 Å². The number of nitrogens with two attached hydrogens (primary N) is 1. The van der Waals surface area contributed by atoms with Crippen molar-refractivity contribution in [1.82, 2.24) is 9.88 Å². The third kappa shape index (κ3) is 6.89. The lowest BCUT2D eigenvalue weighted by molar-refractivity contribution is -0.143. The number of carboxylic acids is 1. The van der Waals surface area contributed by atoms with Crippen LogP contribution in [0.5, 0.6) is 11.5 Å². The molecular weight excluding hydrogens is 632 g/mol. The van der Waals surface area contributed by atoms with Crippen LogP contribution in [0.3, 0.4) is 0 Å². The monoisotopic (exact) mass is 674 g/mol. The third-order valence-corrected chi connectivity index (χ3v) is 10.7. The molecule has 1 fully saturated rings. The summed E-state index contributed by atoms with van der Waals surface area (Å²) < 4.78 is 38.9. The number of nitrogens with zero attached hydrogens (tertiary/aromatic N) is 2. The molecule has 254 valence electrons. The SMILES string of the molecule is CCOc1cc(C(Nc2ccc3c(N)nccc3c2)C(=O)N2CC[C@@H](C(=O)O)[C@H]2c2ccccc2S(=O)(=O)C(C)C)ccc1OC(C)C. The molecule has 48 heavy (non-hydrogen) atoms. The Morgan fingerprint density at radius 1 is 1.04 bits per heavy atom. The first-order chi connectivity index (χ1) is 22.8. The number of nitrogens with one attached hydrogen (secondary N) is 1. The molecular formula is C36H42N4O7S. The number of benzene rings is 3. The van der Waals surface area contributed by atoms with Crippen molar-refractivity contribution in [1.29, 1.82) is 0 Å². The number of carbonyl (C=O) groups is 2. The number of carbonyl (C=O) groups excluding carboxylic acids is 1. The van der Waals surface area contributed by atoms with E-state index in [1.54, 1.807) is 62.5 Å². The molecule has 3 atom stereocenters. The number of amides is 1. The van der Waals surface area contributed by atoms with Crippen LogP contribution in [0.4, 0.5) is 11.5 Å². The van der Waals surface area contributed by atoms with Gasteiger partial charge in [-0.05, 0) is 100 Å². The fraction of sp³-hybridized carbons (Fsp3) is 0.361. The van der Waals surface area contributed by atoms with E-state index in [9.17, 15) is 23.1 Å². The molecule has 1 aliphatic rings. The molecule has 11 nitrogen and oxygen atoms in total. The summed E-state index contributed by atoms with van der Waals surface area (Å²) in [4.78, 5) is 33.2. The van der Waals surface area contributed by atoms with Crippen LogP contribution in [0.1, 0.15) is 64.3 Å². The highest BCUT2D eigenvalue weighted by Gasteiger charge is 2.46. The number of hydrogen-bond acceptors (Lipinski definition) is 9. The number of pyridine rings is 1. The number of nitrogen functional groups attached to an aromatic ring is 1. The molecule has 0 aliphatic carbocycles. The van der Waals surface area contributed by atoms with Gasteiger partial charge in [-0.2, -0.15) is 0 Å². The Hall–Kier alpha value is -4.84. The van der Waals surface area contributed by atoms with E-state index in [1.807, 2.05) is 39.0 Å². The van der Waals surface area contributed by atoms with E-state index in [0.29, 0.717) is 35.2 Å². The second kappa shape index (κ2) is 14.1. The van der Waals surface area contributed by atoms with Crippen LogP contribution in [-0.2, 0) is 19.4 Å². The van der Waals surface area contributed by atoms with E-state index in [-0.39, 0.29) is 29.5 Å². The summed E-state index contributed by atoms with van der Waals surface area (Å²) in [5, 5.41) is 14.5. The lowest BCUT2D eigenvalue weighted by Gasteiger charge is -2.33. The number of aromatic nitrogens is 1. The maximum absolute atomic E-state index is 14.9. The minimum atomic E-state index is -3.81. The maximum Gasteiger partial charge on any atom is 0.309 e. The Bertz CT molecular complexity index is 1930. The number of carboxylic acid groups (broad SMARTS) is 1. The van der Waals surface area contributed by atoms with Gasteiger partial charge < -0.3 is 30.5 Å². The molecule has 12 heteroatoms. The first-order valence-electron chi connectivity index (χ1n) is 16.0. The highest BCUT2D eigenvalue weighted by Crippen LogP contribution is 2.43. The molecule has 2 heterocycles. The summed E-state index contributed by atoms with van der Waals surface area (Å²) in [5.41, 5.74) is 7.53. The van der Waals surface area contributed by atoms with Gasteiger partial charge >= 0.3 is 5.97 Å². The number of fused-ring (bicyclic) bond motifs is 1. The van der Waals surface area contributed by atoms with E-state index in [1.165, 1.54) is 11.0 Å². The molecule has 1 unspecified atom stereocenters. The maximum atomic E-state index is 14.9. The molecule has 4 aromatic rings. The van der Waals surface area contributed by atoms with E-state index in [4.69, 9.17) is 15.2 Å². The number of anilines is 2. The Morgan fingerprint density at radius 2 is 1.79 bits per heavy atom. The van der Waals surface area contributed by atoms with Crippen molar-refractivity contribution in [2.24, 2.45) is 5.92 Å². The summed E-state index contributed by atoms with van der Waals surface area (Å²) >= 11 is 0. The number of sulfone groups is 1. The van der Waals surface area contributed by atoms with Gasteiger partial charge in [0.2, 0.25) is 5.91 Å². The highest BCUT2D eigenvalue weighted by atomic mass is 32.2. The minimum absolute atomic E-state index is 0.0232. The fourth-order valence-corrected chi connectivity index (χ4v) is 7.45. The number of rotatable bonds is 12. The predicted octanol–water partition coefficient (Wildman–Crippen LogP) is 6.01. The van der Waals surface area contributed by atoms with E-state index in [0.717, 1.165) is 10.8 Å². The molecule has 0 saturated carbocycles. The van der Waals surface area contributed by atoms with E-state index >= 15 is 0 Å². The van der Waals surface area contributed by atoms with Crippen LogP contribution >= 0.6 is 0 Å². The van der Waals surface area contributed by atoms with Gasteiger partial charge in [0.05, 0.1) is 34.8 Å². The van der Waals surface area contributed by atoms with E-state index in [2.05, 4.69) is 10.3 Å². The van der Waals surface area contributed by atoms with Crippen molar-refractivity contribution < 1.29 is 32.6 Å². The standard InChI is InChI=1S/C36H42N4O7S/c1-6-46-30-20-24(11-14-29(30)47-21(2)3)32(39-25-12-13-26-23(19-25)15-17-38-34(26)37)35(41)40-18-16-28(36(42)43)33(40)27-9-7-8-10-31(27)48(44,45)22(4)5/h7-15,17,19-22,28,32-33,39H,6,16,18H2,1-5H3,(H2,37,38)(H,42,43)/t28-,32?,33-/m1/s1. The van der Waals surface area contributed by atoms with Crippen molar-refractivity contribution in [2.75, 3.05) is 24.2 Å². The Balaban J connectivity index is 1.64. The van der Waals surface area contributed by atoms with Crippen molar-refractivity contribution >= 4 is 44.0 Å². The summed E-state index contributed by atoms with van der Waals surface area (Å²) in [5.74, 6) is -1.19.